The van der Waals surface area contributed by atoms with Crippen molar-refractivity contribution in [1.82, 2.24) is 4.90 Å². The number of hydrogen-bond donors (Lipinski definition) is 0. The average molecular weight is 219 g/mol. The summed E-state index contributed by atoms with van der Waals surface area (Å²) >= 11 is 0. The predicted molar refractivity (Wildman–Crippen MR) is 67.5 cm³/mol. The number of carbonyl (C=O) groups is 1. The van der Waals surface area contributed by atoms with Crippen LogP contribution >= 0.6 is 0 Å². The van der Waals surface area contributed by atoms with Crippen LogP contribution in [0.2, 0.25) is 0 Å². The van der Waals surface area contributed by atoms with Gasteiger partial charge in [0.1, 0.15) is 0 Å². The van der Waals surface area contributed by atoms with Crippen LogP contribution in [-0.4, -0.2) is 30.8 Å². The first-order valence-corrected chi connectivity index (χ1v) is 5.76. The molecule has 0 saturated carbocycles. The third-order valence-electron chi connectivity index (χ3n) is 2.79. The molecule has 0 bridgehead atoms. The van der Waals surface area contributed by atoms with E-state index >= 15 is 0 Å². The number of ketones is 1. The zero-order valence-electron chi connectivity index (χ0n) is 10.6. The smallest absolute Gasteiger partial charge is 0.152 e. The lowest BCUT2D eigenvalue weighted by atomic mass is 9.95. The molecular weight excluding hydrogens is 198 g/mol. The molecule has 0 aliphatic heterocycles. The number of hydrogen-bond acceptors (Lipinski definition) is 2. The summed E-state index contributed by atoms with van der Waals surface area (Å²) in [7, 11) is 3.93. The van der Waals surface area contributed by atoms with E-state index in [1.54, 1.807) is 0 Å². The molecule has 2 nitrogen and oxygen atoms in total. The van der Waals surface area contributed by atoms with Crippen LogP contribution in [0.3, 0.4) is 0 Å². The van der Waals surface area contributed by atoms with Gasteiger partial charge in [-0.2, -0.15) is 0 Å². The highest BCUT2D eigenvalue weighted by Crippen LogP contribution is 2.11. The van der Waals surface area contributed by atoms with E-state index in [4.69, 9.17) is 0 Å². The van der Waals surface area contributed by atoms with Gasteiger partial charge in [-0.3, -0.25) is 9.69 Å². The zero-order valence-corrected chi connectivity index (χ0v) is 10.6. The van der Waals surface area contributed by atoms with Crippen LogP contribution in [0.5, 0.6) is 0 Å². The SMILES string of the molecule is CC(C)C(=O)[C@H](Cc1ccccc1)N(C)C. The Balaban J connectivity index is 2.77. The summed E-state index contributed by atoms with van der Waals surface area (Å²) in [6.07, 6.45) is 0.796. The van der Waals surface area contributed by atoms with Gasteiger partial charge in [0.25, 0.3) is 0 Å². The molecule has 0 heterocycles. The summed E-state index contributed by atoms with van der Waals surface area (Å²) in [5.41, 5.74) is 1.22. The standard InChI is InChI=1S/C14H21NO/c1-11(2)14(16)13(15(3)4)10-12-8-6-5-7-9-12/h5-9,11,13H,10H2,1-4H3/t13-/m0/s1. The van der Waals surface area contributed by atoms with Crippen LogP contribution in [0, 0.1) is 5.92 Å². The van der Waals surface area contributed by atoms with Gasteiger partial charge in [-0.1, -0.05) is 44.2 Å². The molecule has 0 aromatic heterocycles. The molecule has 0 N–H and O–H groups in total. The fraction of sp³-hybridized carbons (Fsp3) is 0.500. The Morgan fingerprint density at radius 2 is 1.75 bits per heavy atom. The van der Waals surface area contributed by atoms with Crippen LogP contribution in [0.4, 0.5) is 0 Å². The molecule has 0 aliphatic rings. The second-order valence-corrected chi connectivity index (χ2v) is 4.73. The molecular formula is C14H21NO. The van der Waals surface area contributed by atoms with E-state index in [0.29, 0.717) is 5.78 Å². The van der Waals surface area contributed by atoms with Gasteiger partial charge in [0.2, 0.25) is 0 Å². The Morgan fingerprint density at radius 3 is 2.19 bits per heavy atom. The Bertz CT molecular complexity index is 330. The van der Waals surface area contributed by atoms with E-state index in [9.17, 15) is 4.79 Å². The summed E-state index contributed by atoms with van der Waals surface area (Å²) < 4.78 is 0. The van der Waals surface area contributed by atoms with Gasteiger partial charge in [-0.05, 0) is 26.1 Å². The molecule has 0 fully saturated rings. The summed E-state index contributed by atoms with van der Waals surface area (Å²) in [5, 5.41) is 0. The van der Waals surface area contributed by atoms with E-state index in [1.165, 1.54) is 5.56 Å². The van der Waals surface area contributed by atoms with Crippen molar-refractivity contribution in [3.05, 3.63) is 35.9 Å². The van der Waals surface area contributed by atoms with E-state index in [2.05, 4.69) is 12.1 Å². The molecule has 0 saturated heterocycles. The minimum Gasteiger partial charge on any atom is -0.299 e. The van der Waals surface area contributed by atoms with Crippen molar-refractivity contribution in [2.24, 2.45) is 5.92 Å². The first kappa shape index (κ1) is 12.9. The quantitative estimate of drug-likeness (QED) is 0.758. The predicted octanol–water partition coefficient (Wildman–Crippen LogP) is 2.38. The molecule has 88 valence electrons. The van der Waals surface area contributed by atoms with Crippen LogP contribution < -0.4 is 0 Å². The van der Waals surface area contributed by atoms with Gasteiger partial charge in [-0.15, -0.1) is 0 Å². The molecule has 1 aromatic rings. The monoisotopic (exact) mass is 219 g/mol. The Kier molecular flexibility index (Phi) is 4.69. The summed E-state index contributed by atoms with van der Waals surface area (Å²) in [4.78, 5) is 14.1. The van der Waals surface area contributed by atoms with Gasteiger partial charge in [0, 0.05) is 5.92 Å². The first-order chi connectivity index (χ1) is 7.52. The molecule has 0 unspecified atom stereocenters. The maximum atomic E-state index is 12.0. The molecule has 2 heteroatoms. The molecule has 16 heavy (non-hydrogen) atoms. The van der Waals surface area contributed by atoms with Crippen molar-refractivity contribution in [1.29, 1.82) is 0 Å². The van der Waals surface area contributed by atoms with Crippen LogP contribution in [-0.2, 0) is 11.2 Å². The lowest BCUT2D eigenvalue weighted by molar-refractivity contribution is -0.126. The van der Waals surface area contributed by atoms with Gasteiger partial charge in [0.15, 0.2) is 5.78 Å². The van der Waals surface area contributed by atoms with E-state index in [0.717, 1.165) is 6.42 Å². The topological polar surface area (TPSA) is 20.3 Å². The zero-order chi connectivity index (χ0) is 12.1. The van der Waals surface area contributed by atoms with Crippen molar-refractivity contribution in [2.75, 3.05) is 14.1 Å². The minimum atomic E-state index is -0.0117. The molecule has 1 aromatic carbocycles. The van der Waals surface area contributed by atoms with Crippen molar-refractivity contribution in [2.45, 2.75) is 26.3 Å². The highest BCUT2D eigenvalue weighted by molar-refractivity contribution is 5.85. The normalized spacial score (nSPS) is 13.1. The molecule has 1 rings (SSSR count). The molecule has 1 atom stereocenters. The maximum Gasteiger partial charge on any atom is 0.152 e. The van der Waals surface area contributed by atoms with E-state index < -0.39 is 0 Å². The average Bonchev–Trinajstić information content (AvgIpc) is 2.26. The highest BCUT2D eigenvalue weighted by atomic mass is 16.1. The summed E-state index contributed by atoms with van der Waals surface area (Å²) in [6, 6.07) is 10.2. The summed E-state index contributed by atoms with van der Waals surface area (Å²) in [5.74, 6) is 0.407. The Hall–Kier alpha value is -1.15. The second-order valence-electron chi connectivity index (χ2n) is 4.73. The number of likely N-dealkylation sites (N-methyl/N-ethyl adjacent to an activating group) is 1. The number of benzene rings is 1. The van der Waals surface area contributed by atoms with Crippen molar-refractivity contribution >= 4 is 5.78 Å². The lowest BCUT2D eigenvalue weighted by Gasteiger charge is -2.24. The number of carbonyl (C=O) groups excluding carboxylic acids is 1. The molecule has 0 spiro atoms. The van der Waals surface area contributed by atoms with Gasteiger partial charge < -0.3 is 0 Å². The second kappa shape index (κ2) is 5.80. The first-order valence-electron chi connectivity index (χ1n) is 5.76. The van der Waals surface area contributed by atoms with Crippen molar-refractivity contribution in [3.63, 3.8) is 0 Å². The highest BCUT2D eigenvalue weighted by Gasteiger charge is 2.23. The molecule has 0 amide bonds. The fourth-order valence-corrected chi connectivity index (χ4v) is 1.76. The van der Waals surface area contributed by atoms with Crippen LogP contribution in [0.25, 0.3) is 0 Å². The molecule has 0 aliphatic carbocycles. The molecule has 0 radical (unpaired) electrons. The lowest BCUT2D eigenvalue weighted by Crippen LogP contribution is -2.39. The van der Waals surface area contributed by atoms with Gasteiger partial charge in [-0.25, -0.2) is 0 Å². The third-order valence-corrected chi connectivity index (χ3v) is 2.79. The summed E-state index contributed by atoms with van der Waals surface area (Å²) in [6.45, 7) is 3.92. The van der Waals surface area contributed by atoms with Crippen LogP contribution in [0.15, 0.2) is 30.3 Å². The van der Waals surface area contributed by atoms with Crippen LogP contribution in [0.1, 0.15) is 19.4 Å². The number of Topliss-reactive ketones (excluding diaryl/α,β-unsaturated/α-hetero) is 1. The van der Waals surface area contributed by atoms with E-state index in [-0.39, 0.29) is 12.0 Å². The minimum absolute atomic E-state index is 0.0117. The Labute approximate surface area is 98.3 Å². The van der Waals surface area contributed by atoms with E-state index in [1.807, 2.05) is 51.0 Å². The number of rotatable bonds is 5. The fourth-order valence-electron chi connectivity index (χ4n) is 1.76. The maximum absolute atomic E-state index is 12.0. The van der Waals surface area contributed by atoms with Crippen molar-refractivity contribution in [3.8, 4) is 0 Å². The van der Waals surface area contributed by atoms with Gasteiger partial charge >= 0.3 is 0 Å². The number of nitrogens with zero attached hydrogens (tertiary/aromatic N) is 1. The Morgan fingerprint density at radius 1 is 1.19 bits per heavy atom. The largest absolute Gasteiger partial charge is 0.299 e. The van der Waals surface area contributed by atoms with Gasteiger partial charge in [0.05, 0.1) is 6.04 Å². The van der Waals surface area contributed by atoms with Crippen molar-refractivity contribution < 1.29 is 4.79 Å². The third kappa shape index (κ3) is 3.46.